The van der Waals surface area contributed by atoms with Crippen molar-refractivity contribution in [3.8, 4) is 0 Å². The number of carbonyl (C=O) groups excluding carboxylic acids is 2. The molecule has 2 aromatic rings. The van der Waals surface area contributed by atoms with E-state index < -0.39 is 0 Å². The molecule has 2 aliphatic heterocycles. The summed E-state index contributed by atoms with van der Waals surface area (Å²) in [5.41, 5.74) is 2.40. The van der Waals surface area contributed by atoms with Crippen LogP contribution in [0.25, 0.3) is 0 Å². The lowest BCUT2D eigenvalue weighted by atomic mass is 9.95. The van der Waals surface area contributed by atoms with E-state index in [1.165, 1.54) is 0 Å². The Kier molecular flexibility index (Phi) is 4.41. The minimum Gasteiger partial charge on any atom is -0.333 e. The number of aryl methyl sites for hydroxylation is 1. The van der Waals surface area contributed by atoms with Crippen LogP contribution in [-0.2, 0) is 11.3 Å². The molecule has 0 radical (unpaired) electrons. The third kappa shape index (κ3) is 3.07. The van der Waals surface area contributed by atoms with Gasteiger partial charge in [-0.15, -0.1) is 0 Å². The first-order valence-electron chi connectivity index (χ1n) is 9.06. The molecule has 2 aromatic heterocycles. The van der Waals surface area contributed by atoms with E-state index in [1.807, 2.05) is 41.0 Å². The van der Waals surface area contributed by atoms with Gasteiger partial charge in [-0.2, -0.15) is 0 Å². The second kappa shape index (κ2) is 6.86. The molecule has 6 nitrogen and oxygen atoms in total. The molecule has 0 N–H and O–H groups in total. The molecule has 0 saturated carbocycles. The Hall–Kier alpha value is -2.76. The van der Waals surface area contributed by atoms with Crippen LogP contribution in [0.2, 0.25) is 0 Å². The highest BCUT2D eigenvalue weighted by molar-refractivity contribution is 5.93. The number of hydrogen-bond acceptors (Lipinski definition) is 4. The summed E-state index contributed by atoms with van der Waals surface area (Å²) in [5.74, 6) is 0.144. The molecule has 2 atom stereocenters. The van der Waals surface area contributed by atoms with Crippen molar-refractivity contribution in [2.45, 2.75) is 44.8 Å². The van der Waals surface area contributed by atoms with Crippen LogP contribution in [0.1, 0.15) is 41.0 Å². The summed E-state index contributed by atoms with van der Waals surface area (Å²) < 4.78 is 0. The Morgan fingerprint density at radius 2 is 1.96 bits per heavy atom. The van der Waals surface area contributed by atoms with Crippen LogP contribution in [0, 0.1) is 6.92 Å². The van der Waals surface area contributed by atoms with Gasteiger partial charge in [0, 0.05) is 37.6 Å². The molecule has 0 bridgehead atoms. The van der Waals surface area contributed by atoms with Crippen LogP contribution >= 0.6 is 0 Å². The monoisotopic (exact) mass is 350 g/mol. The van der Waals surface area contributed by atoms with Crippen molar-refractivity contribution in [3.63, 3.8) is 0 Å². The Morgan fingerprint density at radius 1 is 1.15 bits per heavy atom. The summed E-state index contributed by atoms with van der Waals surface area (Å²) >= 11 is 0. The van der Waals surface area contributed by atoms with Crippen LogP contribution < -0.4 is 0 Å². The molecule has 2 aliphatic rings. The first-order chi connectivity index (χ1) is 12.6. The van der Waals surface area contributed by atoms with Crippen LogP contribution in [0.3, 0.4) is 0 Å². The summed E-state index contributed by atoms with van der Waals surface area (Å²) in [6, 6.07) is 9.55. The average Bonchev–Trinajstić information content (AvgIpc) is 3.08. The van der Waals surface area contributed by atoms with E-state index >= 15 is 0 Å². The maximum atomic E-state index is 13.0. The summed E-state index contributed by atoms with van der Waals surface area (Å²) in [4.78, 5) is 37.8. The predicted molar refractivity (Wildman–Crippen MR) is 96.2 cm³/mol. The highest BCUT2D eigenvalue weighted by Crippen LogP contribution is 2.33. The van der Waals surface area contributed by atoms with Crippen molar-refractivity contribution in [2.24, 2.45) is 0 Å². The third-order valence-corrected chi connectivity index (χ3v) is 5.36. The number of aromatic nitrogens is 2. The van der Waals surface area contributed by atoms with E-state index in [0.29, 0.717) is 25.2 Å². The summed E-state index contributed by atoms with van der Waals surface area (Å²) in [6.07, 6.45) is 5.52. The quantitative estimate of drug-likeness (QED) is 0.851. The van der Waals surface area contributed by atoms with E-state index in [1.54, 1.807) is 18.5 Å². The van der Waals surface area contributed by atoms with Gasteiger partial charge in [0.05, 0.1) is 12.1 Å². The number of piperidine rings is 1. The van der Waals surface area contributed by atoms with Crippen LogP contribution in [-0.4, -0.2) is 50.2 Å². The van der Waals surface area contributed by atoms with Crippen molar-refractivity contribution in [1.29, 1.82) is 0 Å². The van der Waals surface area contributed by atoms with E-state index in [4.69, 9.17) is 0 Å². The van der Waals surface area contributed by atoms with Gasteiger partial charge in [-0.3, -0.25) is 14.6 Å². The van der Waals surface area contributed by atoms with Crippen molar-refractivity contribution in [2.75, 3.05) is 6.54 Å². The Balaban J connectivity index is 1.54. The molecule has 6 heteroatoms. The molecule has 0 aromatic carbocycles. The number of fused-ring (bicyclic) bond motifs is 1. The zero-order valence-corrected chi connectivity index (χ0v) is 14.8. The Labute approximate surface area is 152 Å². The Bertz CT molecular complexity index is 824. The molecule has 0 spiro atoms. The number of nitrogens with zero attached hydrogens (tertiary/aromatic N) is 4. The van der Waals surface area contributed by atoms with E-state index in [9.17, 15) is 9.59 Å². The lowest BCUT2D eigenvalue weighted by Gasteiger charge is -2.39. The zero-order valence-electron chi connectivity index (χ0n) is 14.8. The van der Waals surface area contributed by atoms with Crippen molar-refractivity contribution in [1.82, 2.24) is 19.8 Å². The van der Waals surface area contributed by atoms with Gasteiger partial charge in [-0.05, 0) is 49.6 Å². The van der Waals surface area contributed by atoms with E-state index in [-0.39, 0.29) is 23.9 Å². The molecule has 4 rings (SSSR count). The number of carbonyl (C=O) groups is 2. The largest absolute Gasteiger partial charge is 0.333 e. The summed E-state index contributed by atoms with van der Waals surface area (Å²) in [7, 11) is 0. The fourth-order valence-electron chi connectivity index (χ4n) is 4.10. The van der Waals surface area contributed by atoms with Crippen LogP contribution in [0.15, 0.2) is 42.7 Å². The molecule has 0 aliphatic carbocycles. The van der Waals surface area contributed by atoms with Gasteiger partial charge in [0.2, 0.25) is 5.91 Å². The summed E-state index contributed by atoms with van der Waals surface area (Å²) in [5, 5.41) is 0. The molecule has 2 amide bonds. The zero-order chi connectivity index (χ0) is 18.1. The number of likely N-dealkylation sites (tertiary alicyclic amines) is 2. The smallest absolute Gasteiger partial charge is 0.272 e. The second-order valence-electron chi connectivity index (χ2n) is 7.00. The maximum Gasteiger partial charge on any atom is 0.272 e. The SMILES string of the molecule is Cc1cccc(C(=O)N2CC[C@@H]3[C@@H]2CCC(=O)N3Cc2ccncc2)n1. The third-order valence-electron chi connectivity index (χ3n) is 5.36. The fraction of sp³-hybridized carbons (Fsp3) is 0.400. The van der Waals surface area contributed by atoms with Gasteiger partial charge >= 0.3 is 0 Å². The van der Waals surface area contributed by atoms with Gasteiger partial charge in [0.25, 0.3) is 5.91 Å². The van der Waals surface area contributed by atoms with Crippen molar-refractivity contribution < 1.29 is 9.59 Å². The lowest BCUT2D eigenvalue weighted by molar-refractivity contribution is -0.138. The maximum absolute atomic E-state index is 13.0. The predicted octanol–water partition coefficient (Wildman–Crippen LogP) is 2.19. The Morgan fingerprint density at radius 3 is 2.73 bits per heavy atom. The molecule has 2 fully saturated rings. The van der Waals surface area contributed by atoms with Crippen LogP contribution in [0.4, 0.5) is 0 Å². The molecule has 134 valence electrons. The van der Waals surface area contributed by atoms with Crippen molar-refractivity contribution >= 4 is 11.8 Å². The highest BCUT2D eigenvalue weighted by atomic mass is 16.2. The van der Waals surface area contributed by atoms with Crippen molar-refractivity contribution in [3.05, 3.63) is 59.7 Å². The van der Waals surface area contributed by atoms with Gasteiger partial charge in [0.1, 0.15) is 5.69 Å². The van der Waals surface area contributed by atoms with Gasteiger partial charge in [0.15, 0.2) is 0 Å². The molecule has 4 heterocycles. The molecule has 0 unspecified atom stereocenters. The highest BCUT2D eigenvalue weighted by Gasteiger charge is 2.45. The normalized spacial score (nSPS) is 22.4. The summed E-state index contributed by atoms with van der Waals surface area (Å²) in [6.45, 7) is 3.14. The van der Waals surface area contributed by atoms with Gasteiger partial charge in [-0.1, -0.05) is 6.07 Å². The van der Waals surface area contributed by atoms with Crippen LogP contribution in [0.5, 0.6) is 0 Å². The average molecular weight is 350 g/mol. The van der Waals surface area contributed by atoms with E-state index in [0.717, 1.165) is 24.1 Å². The minimum atomic E-state index is -0.0283. The minimum absolute atomic E-state index is 0.0283. The number of amides is 2. The number of rotatable bonds is 3. The fourth-order valence-corrected chi connectivity index (χ4v) is 4.10. The first kappa shape index (κ1) is 16.7. The number of pyridine rings is 2. The molecule has 2 saturated heterocycles. The standard InChI is InChI=1S/C20H22N4O2/c1-14-3-2-4-16(22-14)20(26)23-12-9-18-17(23)5-6-19(25)24(18)13-15-7-10-21-11-8-15/h2-4,7-8,10-11,17-18H,5-6,9,12-13H2,1H3/t17-,18+/m0/s1. The molecular weight excluding hydrogens is 328 g/mol. The topological polar surface area (TPSA) is 66.4 Å². The lowest BCUT2D eigenvalue weighted by Crippen LogP contribution is -2.52. The number of hydrogen-bond donors (Lipinski definition) is 0. The van der Waals surface area contributed by atoms with E-state index in [2.05, 4.69) is 9.97 Å². The van der Waals surface area contributed by atoms with Gasteiger partial charge < -0.3 is 9.80 Å². The second-order valence-corrected chi connectivity index (χ2v) is 7.00. The molecule has 26 heavy (non-hydrogen) atoms. The molecular formula is C20H22N4O2. The van der Waals surface area contributed by atoms with Gasteiger partial charge in [-0.25, -0.2) is 4.98 Å². The first-order valence-corrected chi connectivity index (χ1v) is 9.06.